The van der Waals surface area contributed by atoms with E-state index in [1.807, 2.05) is 0 Å². The molecule has 0 bridgehead atoms. The Bertz CT molecular complexity index is 677. The zero-order valence-corrected chi connectivity index (χ0v) is 12.3. The number of carbonyl (C=O) groups is 1. The van der Waals surface area contributed by atoms with Gasteiger partial charge in [-0.3, -0.25) is 4.79 Å². The van der Waals surface area contributed by atoms with E-state index in [1.165, 1.54) is 29.4 Å². The first kappa shape index (κ1) is 15.6. The second kappa shape index (κ2) is 5.51. The summed E-state index contributed by atoms with van der Waals surface area (Å²) in [4.78, 5) is 15.9. The monoisotopic (exact) mass is 315 g/mol. The van der Waals surface area contributed by atoms with Gasteiger partial charge in [0.15, 0.2) is 0 Å². The number of halogens is 3. The SMILES string of the molecule is CC(=O)n1nc(C)c(Sc2ccc(C(F)(F)F)cn2)c1C. The number of hydrogen-bond donors (Lipinski definition) is 0. The standard InChI is InChI=1S/C13H12F3N3OS/c1-7-12(8(2)19(18-7)9(3)20)21-11-5-4-10(6-17-11)13(14,15)16/h4-6H,1-3H3. The number of nitrogens with zero attached hydrogens (tertiary/aromatic N) is 3. The second-order valence-corrected chi connectivity index (χ2v) is 5.45. The number of alkyl halides is 3. The average molecular weight is 315 g/mol. The molecule has 0 aliphatic rings. The van der Waals surface area contributed by atoms with Gasteiger partial charge in [-0.2, -0.15) is 18.3 Å². The molecule has 21 heavy (non-hydrogen) atoms. The molecule has 0 aromatic carbocycles. The van der Waals surface area contributed by atoms with Crippen molar-refractivity contribution < 1.29 is 18.0 Å². The molecule has 0 spiro atoms. The quantitative estimate of drug-likeness (QED) is 0.847. The first-order chi connectivity index (χ1) is 9.70. The maximum Gasteiger partial charge on any atom is 0.417 e. The molecule has 0 aliphatic heterocycles. The Morgan fingerprint density at radius 1 is 1.29 bits per heavy atom. The largest absolute Gasteiger partial charge is 0.417 e. The maximum absolute atomic E-state index is 12.5. The van der Waals surface area contributed by atoms with Crippen molar-refractivity contribution in [3.8, 4) is 0 Å². The van der Waals surface area contributed by atoms with Gasteiger partial charge in [0.05, 0.1) is 21.8 Å². The maximum atomic E-state index is 12.5. The van der Waals surface area contributed by atoms with Gasteiger partial charge in [-0.25, -0.2) is 9.67 Å². The number of aromatic nitrogens is 3. The van der Waals surface area contributed by atoms with Crippen LogP contribution in [0.4, 0.5) is 13.2 Å². The van der Waals surface area contributed by atoms with Gasteiger partial charge in [-0.05, 0) is 26.0 Å². The molecule has 2 rings (SSSR count). The second-order valence-electron chi connectivity index (χ2n) is 4.42. The third kappa shape index (κ3) is 3.26. The molecule has 0 saturated heterocycles. The molecule has 8 heteroatoms. The van der Waals surface area contributed by atoms with Crippen LogP contribution in [0.5, 0.6) is 0 Å². The Morgan fingerprint density at radius 2 is 1.95 bits per heavy atom. The molecule has 0 unspecified atom stereocenters. The van der Waals surface area contributed by atoms with Crippen molar-refractivity contribution in [2.45, 2.75) is 36.9 Å². The van der Waals surface area contributed by atoms with Gasteiger partial charge in [0.25, 0.3) is 0 Å². The molecule has 2 aromatic rings. The molecule has 2 aromatic heterocycles. The van der Waals surface area contributed by atoms with E-state index in [-0.39, 0.29) is 5.91 Å². The number of hydrogen-bond acceptors (Lipinski definition) is 4. The van der Waals surface area contributed by atoms with Crippen LogP contribution in [0.15, 0.2) is 28.3 Å². The van der Waals surface area contributed by atoms with Crippen molar-refractivity contribution in [1.82, 2.24) is 14.8 Å². The van der Waals surface area contributed by atoms with E-state index in [2.05, 4.69) is 10.1 Å². The van der Waals surface area contributed by atoms with Gasteiger partial charge < -0.3 is 0 Å². The molecular formula is C13H12F3N3OS. The Kier molecular flexibility index (Phi) is 4.08. The lowest BCUT2D eigenvalue weighted by Crippen LogP contribution is -2.09. The van der Waals surface area contributed by atoms with E-state index in [1.54, 1.807) is 13.8 Å². The zero-order chi connectivity index (χ0) is 15.8. The van der Waals surface area contributed by atoms with Gasteiger partial charge in [-0.1, -0.05) is 11.8 Å². The lowest BCUT2D eigenvalue weighted by Gasteiger charge is -2.06. The highest BCUT2D eigenvalue weighted by Crippen LogP contribution is 2.34. The van der Waals surface area contributed by atoms with Crippen LogP contribution in [0.3, 0.4) is 0 Å². The molecule has 0 saturated carbocycles. The summed E-state index contributed by atoms with van der Waals surface area (Å²) in [6, 6.07) is 2.28. The van der Waals surface area contributed by atoms with Gasteiger partial charge in [0.2, 0.25) is 5.91 Å². The minimum atomic E-state index is -4.40. The van der Waals surface area contributed by atoms with Crippen molar-refractivity contribution in [3.63, 3.8) is 0 Å². The summed E-state index contributed by atoms with van der Waals surface area (Å²) in [6.07, 6.45) is -3.61. The fourth-order valence-electron chi connectivity index (χ4n) is 1.80. The van der Waals surface area contributed by atoms with E-state index in [4.69, 9.17) is 0 Å². The smallest absolute Gasteiger partial charge is 0.273 e. The Labute approximate surface area is 123 Å². The lowest BCUT2D eigenvalue weighted by atomic mass is 10.3. The van der Waals surface area contributed by atoms with Gasteiger partial charge in [-0.15, -0.1) is 0 Å². The third-order valence-corrected chi connectivity index (χ3v) is 4.04. The van der Waals surface area contributed by atoms with Gasteiger partial charge in [0, 0.05) is 13.1 Å². The fraction of sp³-hybridized carbons (Fsp3) is 0.308. The predicted molar refractivity (Wildman–Crippen MR) is 71.4 cm³/mol. The number of pyridine rings is 1. The molecule has 0 fully saturated rings. The first-order valence-corrected chi connectivity index (χ1v) is 6.80. The average Bonchev–Trinajstić information content (AvgIpc) is 2.66. The molecule has 0 aliphatic carbocycles. The van der Waals surface area contributed by atoms with Crippen molar-refractivity contribution in [1.29, 1.82) is 0 Å². The van der Waals surface area contributed by atoms with Crippen molar-refractivity contribution >= 4 is 17.7 Å². The summed E-state index contributed by atoms with van der Waals surface area (Å²) in [7, 11) is 0. The Hall–Kier alpha value is -1.83. The van der Waals surface area contributed by atoms with Crippen LogP contribution in [-0.2, 0) is 6.18 Å². The molecule has 0 N–H and O–H groups in total. The number of aryl methyl sites for hydroxylation is 1. The topological polar surface area (TPSA) is 47.8 Å². The number of rotatable bonds is 2. The normalized spacial score (nSPS) is 11.7. The summed E-state index contributed by atoms with van der Waals surface area (Å²) in [5.74, 6) is -0.220. The van der Waals surface area contributed by atoms with Crippen molar-refractivity contribution in [2.75, 3.05) is 0 Å². The van der Waals surface area contributed by atoms with Crippen LogP contribution < -0.4 is 0 Å². The number of carbonyl (C=O) groups excluding carboxylic acids is 1. The summed E-state index contributed by atoms with van der Waals surface area (Å²) in [5.41, 5.74) is 0.487. The van der Waals surface area contributed by atoms with Crippen molar-refractivity contribution in [2.24, 2.45) is 0 Å². The minimum Gasteiger partial charge on any atom is -0.273 e. The van der Waals surface area contributed by atoms with E-state index in [0.717, 1.165) is 17.2 Å². The summed E-state index contributed by atoms with van der Waals surface area (Å²) in [5, 5.41) is 4.52. The summed E-state index contributed by atoms with van der Waals surface area (Å²) in [6.45, 7) is 4.86. The third-order valence-electron chi connectivity index (χ3n) is 2.79. The van der Waals surface area contributed by atoms with Gasteiger partial charge >= 0.3 is 6.18 Å². The molecule has 0 amide bonds. The zero-order valence-electron chi connectivity index (χ0n) is 11.5. The molecule has 4 nitrogen and oxygen atoms in total. The molecule has 112 valence electrons. The summed E-state index contributed by atoms with van der Waals surface area (Å²) < 4.78 is 38.7. The van der Waals surface area contributed by atoms with Crippen LogP contribution in [-0.4, -0.2) is 20.7 Å². The molecule has 0 radical (unpaired) electrons. The minimum absolute atomic E-state index is 0.220. The van der Waals surface area contributed by atoms with E-state index in [9.17, 15) is 18.0 Å². The van der Waals surface area contributed by atoms with Crippen LogP contribution in [0.1, 0.15) is 28.7 Å². The first-order valence-electron chi connectivity index (χ1n) is 5.98. The molecular weight excluding hydrogens is 303 g/mol. The van der Waals surface area contributed by atoms with Crippen LogP contribution in [0.25, 0.3) is 0 Å². The predicted octanol–water partition coefficient (Wildman–Crippen LogP) is 3.73. The van der Waals surface area contributed by atoms with Crippen molar-refractivity contribution in [3.05, 3.63) is 35.3 Å². The Balaban J connectivity index is 2.29. The Morgan fingerprint density at radius 3 is 2.38 bits per heavy atom. The highest BCUT2D eigenvalue weighted by Gasteiger charge is 2.30. The van der Waals surface area contributed by atoms with E-state index >= 15 is 0 Å². The highest BCUT2D eigenvalue weighted by atomic mass is 32.2. The van der Waals surface area contributed by atoms with E-state index in [0.29, 0.717) is 16.4 Å². The highest BCUT2D eigenvalue weighted by molar-refractivity contribution is 7.99. The van der Waals surface area contributed by atoms with Crippen LogP contribution >= 0.6 is 11.8 Å². The summed E-state index contributed by atoms with van der Waals surface area (Å²) >= 11 is 1.18. The van der Waals surface area contributed by atoms with Gasteiger partial charge in [0.1, 0.15) is 5.03 Å². The molecule has 0 atom stereocenters. The molecule has 2 heterocycles. The fourth-order valence-corrected chi connectivity index (χ4v) is 2.67. The van der Waals surface area contributed by atoms with E-state index < -0.39 is 11.7 Å². The van der Waals surface area contributed by atoms with Crippen LogP contribution in [0, 0.1) is 13.8 Å². The van der Waals surface area contributed by atoms with Crippen LogP contribution in [0.2, 0.25) is 0 Å². The lowest BCUT2D eigenvalue weighted by molar-refractivity contribution is -0.137.